The Morgan fingerprint density at radius 3 is 2.15 bits per heavy atom. The van der Waals surface area contributed by atoms with Gasteiger partial charge in [-0.2, -0.15) is 0 Å². The second-order valence-electron chi connectivity index (χ2n) is 6.25. The van der Waals surface area contributed by atoms with Crippen molar-refractivity contribution in [2.45, 2.75) is 0 Å². The molecule has 2 aromatic carbocycles. The highest BCUT2D eigenvalue weighted by Crippen LogP contribution is 2.14. The van der Waals surface area contributed by atoms with Crippen LogP contribution >= 0.6 is 0 Å². The van der Waals surface area contributed by atoms with Crippen molar-refractivity contribution in [2.24, 2.45) is 0 Å². The Hall–Kier alpha value is -2.87. The van der Waals surface area contributed by atoms with Crippen molar-refractivity contribution in [3.63, 3.8) is 0 Å². The second kappa shape index (κ2) is 8.22. The summed E-state index contributed by atoms with van der Waals surface area (Å²) in [6.07, 6.45) is 0. The van der Waals surface area contributed by atoms with Crippen LogP contribution in [0.25, 0.3) is 0 Å². The molecule has 0 radical (unpaired) electrons. The number of hydrogen-bond acceptors (Lipinski definition) is 3. The van der Waals surface area contributed by atoms with E-state index >= 15 is 0 Å². The van der Waals surface area contributed by atoms with Crippen molar-refractivity contribution >= 4 is 17.5 Å². The number of anilines is 1. The van der Waals surface area contributed by atoms with Crippen LogP contribution in [0.3, 0.4) is 0 Å². The molecule has 1 aliphatic rings. The molecule has 2 aromatic rings. The van der Waals surface area contributed by atoms with E-state index in [1.54, 1.807) is 0 Å². The molecule has 1 heterocycles. The van der Waals surface area contributed by atoms with E-state index in [0.29, 0.717) is 37.9 Å². The molecule has 2 amide bonds. The minimum atomic E-state index is -0.888. The van der Waals surface area contributed by atoms with E-state index in [-0.39, 0.29) is 23.8 Å². The standard InChI is InChI=1S/C19H18F3N3O2/c20-13-1-4-15(5-2-13)23-18(26)12-24-7-9-25(10-8-24)19(27)16-6-3-14(21)11-17(16)22/h1-6,11H,7-10,12H2,(H,23,26). The molecule has 0 aliphatic carbocycles. The number of benzene rings is 2. The molecular formula is C19H18F3N3O2. The van der Waals surface area contributed by atoms with Gasteiger partial charge >= 0.3 is 0 Å². The molecule has 1 N–H and O–H groups in total. The summed E-state index contributed by atoms with van der Waals surface area (Å²) in [5.74, 6) is -2.75. The van der Waals surface area contributed by atoms with Gasteiger partial charge in [0.15, 0.2) is 0 Å². The molecule has 0 bridgehead atoms. The molecule has 8 heteroatoms. The van der Waals surface area contributed by atoms with Crippen molar-refractivity contribution in [1.29, 1.82) is 0 Å². The largest absolute Gasteiger partial charge is 0.336 e. The first-order chi connectivity index (χ1) is 12.9. The molecule has 0 aromatic heterocycles. The third-order valence-electron chi connectivity index (χ3n) is 4.32. The SMILES string of the molecule is O=C(CN1CCN(C(=O)c2ccc(F)cc2F)CC1)Nc1ccc(F)cc1. The maximum Gasteiger partial charge on any atom is 0.256 e. The Labute approximate surface area is 154 Å². The van der Waals surface area contributed by atoms with Crippen LogP contribution in [0.2, 0.25) is 0 Å². The quantitative estimate of drug-likeness (QED) is 0.891. The zero-order valence-electron chi connectivity index (χ0n) is 14.4. The van der Waals surface area contributed by atoms with E-state index < -0.39 is 17.5 Å². The van der Waals surface area contributed by atoms with Crippen molar-refractivity contribution in [3.05, 3.63) is 65.5 Å². The molecule has 1 saturated heterocycles. The average molecular weight is 377 g/mol. The molecule has 0 unspecified atom stereocenters. The van der Waals surface area contributed by atoms with E-state index in [4.69, 9.17) is 0 Å². The minimum Gasteiger partial charge on any atom is -0.336 e. The van der Waals surface area contributed by atoms with Crippen LogP contribution in [0, 0.1) is 17.5 Å². The Balaban J connectivity index is 1.50. The maximum atomic E-state index is 13.8. The number of halogens is 3. The zero-order chi connectivity index (χ0) is 19.4. The van der Waals surface area contributed by atoms with Gasteiger partial charge in [-0.05, 0) is 36.4 Å². The van der Waals surface area contributed by atoms with E-state index in [9.17, 15) is 22.8 Å². The third-order valence-corrected chi connectivity index (χ3v) is 4.32. The number of amides is 2. The van der Waals surface area contributed by atoms with Gasteiger partial charge in [-0.15, -0.1) is 0 Å². The molecule has 0 spiro atoms. The van der Waals surface area contributed by atoms with Crippen LogP contribution in [0.15, 0.2) is 42.5 Å². The van der Waals surface area contributed by atoms with Gasteiger partial charge in [-0.1, -0.05) is 0 Å². The second-order valence-corrected chi connectivity index (χ2v) is 6.25. The molecule has 1 aliphatic heterocycles. The predicted molar refractivity (Wildman–Crippen MR) is 93.7 cm³/mol. The Morgan fingerprint density at radius 1 is 0.889 bits per heavy atom. The van der Waals surface area contributed by atoms with Crippen LogP contribution in [-0.4, -0.2) is 54.3 Å². The highest BCUT2D eigenvalue weighted by molar-refractivity contribution is 5.94. The van der Waals surface area contributed by atoms with Gasteiger partial charge in [-0.25, -0.2) is 13.2 Å². The van der Waals surface area contributed by atoms with Gasteiger partial charge < -0.3 is 10.2 Å². The summed E-state index contributed by atoms with van der Waals surface area (Å²) in [6.45, 7) is 1.69. The number of piperazine rings is 1. The molecule has 27 heavy (non-hydrogen) atoms. The summed E-state index contributed by atoms with van der Waals surface area (Å²) in [4.78, 5) is 27.8. The van der Waals surface area contributed by atoms with Gasteiger partial charge in [0.05, 0.1) is 12.1 Å². The predicted octanol–water partition coefficient (Wildman–Crippen LogP) is 2.50. The molecular weight excluding hydrogens is 359 g/mol. The molecule has 0 saturated carbocycles. The van der Waals surface area contributed by atoms with Gasteiger partial charge in [0, 0.05) is 37.9 Å². The number of nitrogens with one attached hydrogen (secondary N) is 1. The highest BCUT2D eigenvalue weighted by Gasteiger charge is 2.25. The lowest BCUT2D eigenvalue weighted by molar-refractivity contribution is -0.117. The van der Waals surface area contributed by atoms with Crippen molar-refractivity contribution in [3.8, 4) is 0 Å². The summed E-state index contributed by atoms with van der Waals surface area (Å²) in [5.41, 5.74) is 0.334. The monoisotopic (exact) mass is 377 g/mol. The first kappa shape index (κ1) is 18.9. The summed E-state index contributed by atoms with van der Waals surface area (Å²) in [5, 5.41) is 2.68. The van der Waals surface area contributed by atoms with Crippen molar-refractivity contribution in [1.82, 2.24) is 9.80 Å². The molecule has 3 rings (SSSR count). The lowest BCUT2D eigenvalue weighted by atomic mass is 10.1. The summed E-state index contributed by atoms with van der Waals surface area (Å²) in [7, 11) is 0. The molecule has 5 nitrogen and oxygen atoms in total. The first-order valence-corrected chi connectivity index (χ1v) is 8.44. The Morgan fingerprint density at radius 2 is 1.52 bits per heavy atom. The molecule has 1 fully saturated rings. The first-order valence-electron chi connectivity index (χ1n) is 8.44. The van der Waals surface area contributed by atoms with Crippen molar-refractivity contribution < 1.29 is 22.8 Å². The van der Waals surface area contributed by atoms with E-state index in [0.717, 1.165) is 12.1 Å². The number of carbonyl (C=O) groups is 2. The van der Waals surface area contributed by atoms with Crippen LogP contribution in [-0.2, 0) is 4.79 Å². The van der Waals surface area contributed by atoms with Crippen LogP contribution in [0.1, 0.15) is 10.4 Å². The highest BCUT2D eigenvalue weighted by atomic mass is 19.1. The van der Waals surface area contributed by atoms with Crippen LogP contribution in [0.4, 0.5) is 18.9 Å². The Bertz CT molecular complexity index is 835. The van der Waals surface area contributed by atoms with Crippen molar-refractivity contribution in [2.75, 3.05) is 38.0 Å². The summed E-state index contributed by atoms with van der Waals surface area (Å²) < 4.78 is 39.6. The van der Waals surface area contributed by atoms with Gasteiger partial charge in [0.1, 0.15) is 17.5 Å². The fourth-order valence-electron chi connectivity index (χ4n) is 2.88. The Kier molecular flexibility index (Phi) is 5.75. The zero-order valence-corrected chi connectivity index (χ0v) is 14.4. The minimum absolute atomic E-state index is 0.129. The fourth-order valence-corrected chi connectivity index (χ4v) is 2.88. The van der Waals surface area contributed by atoms with Crippen LogP contribution in [0.5, 0.6) is 0 Å². The summed E-state index contributed by atoms with van der Waals surface area (Å²) >= 11 is 0. The number of nitrogens with zero attached hydrogens (tertiary/aromatic N) is 2. The smallest absolute Gasteiger partial charge is 0.256 e. The lowest BCUT2D eigenvalue weighted by Crippen LogP contribution is -2.50. The number of hydrogen-bond donors (Lipinski definition) is 1. The van der Waals surface area contributed by atoms with Gasteiger partial charge in [0.2, 0.25) is 5.91 Å². The van der Waals surface area contributed by atoms with E-state index in [2.05, 4.69) is 5.32 Å². The lowest BCUT2D eigenvalue weighted by Gasteiger charge is -2.34. The average Bonchev–Trinajstić information content (AvgIpc) is 2.64. The van der Waals surface area contributed by atoms with Gasteiger partial charge in [-0.3, -0.25) is 14.5 Å². The number of rotatable bonds is 4. The maximum absolute atomic E-state index is 13.8. The van der Waals surface area contributed by atoms with Crippen LogP contribution < -0.4 is 5.32 Å². The topological polar surface area (TPSA) is 52.7 Å². The van der Waals surface area contributed by atoms with E-state index in [1.807, 2.05) is 4.90 Å². The summed E-state index contributed by atoms with van der Waals surface area (Å²) in [6, 6.07) is 8.33. The molecule has 0 atom stereocenters. The van der Waals surface area contributed by atoms with Gasteiger partial charge in [0.25, 0.3) is 5.91 Å². The number of carbonyl (C=O) groups excluding carboxylic acids is 2. The molecule has 142 valence electrons. The third kappa shape index (κ3) is 4.85. The van der Waals surface area contributed by atoms with E-state index in [1.165, 1.54) is 29.2 Å². The normalized spacial score (nSPS) is 14.9. The fraction of sp³-hybridized carbons (Fsp3) is 0.263.